The van der Waals surface area contributed by atoms with Crippen LogP contribution in [0.2, 0.25) is 0 Å². The van der Waals surface area contributed by atoms with Crippen LogP contribution in [0.3, 0.4) is 0 Å². The highest BCUT2D eigenvalue weighted by molar-refractivity contribution is 4.80. The molecule has 96 valence electrons. The first-order valence-corrected chi connectivity index (χ1v) is 5.69. The van der Waals surface area contributed by atoms with E-state index in [0.717, 1.165) is 13.2 Å². The van der Waals surface area contributed by atoms with Gasteiger partial charge >= 0.3 is 0 Å². The van der Waals surface area contributed by atoms with Crippen LogP contribution >= 0.6 is 0 Å². The Morgan fingerprint density at radius 3 is 1.71 bits per heavy atom. The van der Waals surface area contributed by atoms with Gasteiger partial charge in [0.05, 0.1) is 26.4 Å². The lowest BCUT2D eigenvalue weighted by Crippen LogP contribution is -2.26. The highest BCUT2D eigenvalue weighted by Gasteiger charge is 2.26. The molecule has 5 heteroatoms. The van der Waals surface area contributed by atoms with Gasteiger partial charge in [-0.25, -0.2) is 0 Å². The molecule has 4 atom stereocenters. The van der Waals surface area contributed by atoms with Crippen molar-refractivity contribution in [3.63, 3.8) is 0 Å². The molecule has 0 N–H and O–H groups in total. The lowest BCUT2D eigenvalue weighted by Gasteiger charge is -2.20. The normalized spacial score (nSPS) is 29.4. The Bertz CT molecular complexity index is 234. The molecule has 0 bridgehead atoms. The molecule has 0 spiro atoms. The van der Waals surface area contributed by atoms with Crippen molar-refractivity contribution in [2.24, 2.45) is 0 Å². The monoisotopic (exact) mass is 242 g/mol. The lowest BCUT2D eigenvalue weighted by atomic mass is 10.5. The average molecular weight is 242 g/mol. The van der Waals surface area contributed by atoms with E-state index in [0.29, 0.717) is 13.2 Å². The smallest absolute Gasteiger partial charge is 0.180 e. The standard InChI is InChI=1S/C12H18O5/c1-3-11(15-7-9-5-13-9)17-12(4-2)16-8-10-6-14-10/h3-4,9-12H,1-2,5-8H2. The van der Waals surface area contributed by atoms with Crippen LogP contribution in [0.4, 0.5) is 0 Å². The summed E-state index contributed by atoms with van der Waals surface area (Å²) in [5, 5.41) is 0. The Labute approximate surface area is 101 Å². The van der Waals surface area contributed by atoms with Gasteiger partial charge in [-0.2, -0.15) is 0 Å². The molecule has 2 heterocycles. The fourth-order valence-corrected chi connectivity index (χ4v) is 1.19. The Morgan fingerprint density at radius 1 is 1.00 bits per heavy atom. The van der Waals surface area contributed by atoms with Crippen molar-refractivity contribution in [3.05, 3.63) is 25.3 Å². The Morgan fingerprint density at radius 2 is 1.41 bits per heavy atom. The second kappa shape index (κ2) is 6.28. The second-order valence-corrected chi connectivity index (χ2v) is 3.92. The highest BCUT2D eigenvalue weighted by Crippen LogP contribution is 2.14. The molecule has 2 rings (SSSR count). The molecule has 2 fully saturated rings. The maximum Gasteiger partial charge on any atom is 0.180 e. The fourth-order valence-electron chi connectivity index (χ4n) is 1.19. The van der Waals surface area contributed by atoms with E-state index in [1.54, 1.807) is 12.2 Å². The van der Waals surface area contributed by atoms with Gasteiger partial charge in [0.1, 0.15) is 12.2 Å². The molecule has 0 saturated carbocycles. The quantitative estimate of drug-likeness (QED) is 0.323. The average Bonchev–Trinajstić information content (AvgIpc) is 3.22. The third kappa shape index (κ3) is 4.97. The van der Waals surface area contributed by atoms with E-state index in [9.17, 15) is 0 Å². The number of hydrogen-bond acceptors (Lipinski definition) is 5. The first-order valence-electron chi connectivity index (χ1n) is 5.69. The van der Waals surface area contributed by atoms with Crippen LogP contribution in [0.5, 0.6) is 0 Å². The molecule has 0 radical (unpaired) electrons. The van der Waals surface area contributed by atoms with Gasteiger partial charge in [0.15, 0.2) is 12.6 Å². The molecule has 2 aliphatic rings. The largest absolute Gasteiger partial charge is 0.371 e. The number of ether oxygens (including phenoxy) is 5. The van der Waals surface area contributed by atoms with Gasteiger partial charge in [-0.15, -0.1) is 0 Å². The van der Waals surface area contributed by atoms with Gasteiger partial charge < -0.3 is 23.7 Å². The zero-order chi connectivity index (χ0) is 12.1. The van der Waals surface area contributed by atoms with Crippen molar-refractivity contribution < 1.29 is 23.7 Å². The van der Waals surface area contributed by atoms with Gasteiger partial charge in [0.2, 0.25) is 0 Å². The molecule has 0 aromatic rings. The van der Waals surface area contributed by atoms with Crippen LogP contribution < -0.4 is 0 Å². The lowest BCUT2D eigenvalue weighted by molar-refractivity contribution is -0.209. The Balaban J connectivity index is 1.64. The summed E-state index contributed by atoms with van der Waals surface area (Å²) in [5.41, 5.74) is 0. The van der Waals surface area contributed by atoms with E-state index in [1.807, 2.05) is 0 Å². The minimum Gasteiger partial charge on any atom is -0.371 e. The molecule has 2 aliphatic heterocycles. The van der Waals surface area contributed by atoms with Crippen molar-refractivity contribution in [1.29, 1.82) is 0 Å². The highest BCUT2D eigenvalue weighted by atomic mass is 16.8. The SMILES string of the molecule is C=CC(OCC1CO1)OC(C=C)OCC1CO1. The summed E-state index contributed by atoms with van der Waals surface area (Å²) in [6.45, 7) is 9.82. The summed E-state index contributed by atoms with van der Waals surface area (Å²) in [6.07, 6.45) is 2.53. The summed E-state index contributed by atoms with van der Waals surface area (Å²) < 4.78 is 26.5. The second-order valence-electron chi connectivity index (χ2n) is 3.92. The van der Waals surface area contributed by atoms with Gasteiger partial charge in [-0.1, -0.05) is 13.2 Å². The molecule has 0 aromatic carbocycles. The molecule has 4 unspecified atom stereocenters. The minimum absolute atomic E-state index is 0.198. The van der Waals surface area contributed by atoms with E-state index < -0.39 is 12.6 Å². The van der Waals surface area contributed by atoms with Crippen LogP contribution in [0.15, 0.2) is 25.3 Å². The van der Waals surface area contributed by atoms with E-state index in [1.165, 1.54) is 0 Å². The molecule has 0 aromatic heterocycles. The van der Waals surface area contributed by atoms with Crippen LogP contribution in [0.25, 0.3) is 0 Å². The zero-order valence-electron chi connectivity index (χ0n) is 9.75. The fraction of sp³-hybridized carbons (Fsp3) is 0.667. The summed E-state index contributed by atoms with van der Waals surface area (Å²) in [6, 6.07) is 0. The number of rotatable bonds is 10. The van der Waals surface area contributed by atoms with Crippen LogP contribution in [0.1, 0.15) is 0 Å². The third-order valence-electron chi connectivity index (χ3n) is 2.35. The maximum atomic E-state index is 5.51. The molecule has 2 saturated heterocycles. The minimum atomic E-state index is -0.512. The van der Waals surface area contributed by atoms with E-state index in [-0.39, 0.29) is 12.2 Å². The van der Waals surface area contributed by atoms with Crippen LogP contribution in [0, 0.1) is 0 Å². The summed E-state index contributed by atoms with van der Waals surface area (Å²) >= 11 is 0. The van der Waals surface area contributed by atoms with E-state index in [4.69, 9.17) is 23.7 Å². The molecule has 5 nitrogen and oxygen atoms in total. The van der Waals surface area contributed by atoms with Gasteiger partial charge in [-0.3, -0.25) is 0 Å². The summed E-state index contributed by atoms with van der Waals surface area (Å²) in [4.78, 5) is 0. The molecule has 0 aliphatic carbocycles. The summed E-state index contributed by atoms with van der Waals surface area (Å²) in [5.74, 6) is 0. The van der Waals surface area contributed by atoms with Gasteiger partial charge in [-0.05, 0) is 12.2 Å². The van der Waals surface area contributed by atoms with Gasteiger partial charge in [0.25, 0.3) is 0 Å². The maximum absolute atomic E-state index is 5.51. The van der Waals surface area contributed by atoms with Crippen molar-refractivity contribution in [2.75, 3.05) is 26.4 Å². The summed E-state index contributed by atoms with van der Waals surface area (Å²) in [7, 11) is 0. The predicted octanol–water partition coefficient (Wildman–Crippen LogP) is 0.858. The molecule has 17 heavy (non-hydrogen) atoms. The van der Waals surface area contributed by atoms with Crippen LogP contribution in [-0.2, 0) is 23.7 Å². The van der Waals surface area contributed by atoms with Crippen molar-refractivity contribution >= 4 is 0 Å². The zero-order valence-corrected chi connectivity index (χ0v) is 9.75. The number of hydrogen-bond donors (Lipinski definition) is 0. The van der Waals surface area contributed by atoms with Crippen molar-refractivity contribution in [2.45, 2.75) is 24.8 Å². The van der Waals surface area contributed by atoms with Crippen molar-refractivity contribution in [1.82, 2.24) is 0 Å². The third-order valence-corrected chi connectivity index (χ3v) is 2.35. The molecule has 0 amide bonds. The first kappa shape index (κ1) is 12.7. The molecular weight excluding hydrogens is 224 g/mol. The molecular formula is C12H18O5. The number of epoxide rings is 2. The van der Waals surface area contributed by atoms with Crippen molar-refractivity contribution in [3.8, 4) is 0 Å². The predicted molar refractivity (Wildman–Crippen MR) is 60.4 cm³/mol. The van der Waals surface area contributed by atoms with E-state index >= 15 is 0 Å². The topological polar surface area (TPSA) is 52.8 Å². The van der Waals surface area contributed by atoms with Crippen LogP contribution in [-0.4, -0.2) is 51.2 Å². The first-order chi connectivity index (χ1) is 8.31. The van der Waals surface area contributed by atoms with Gasteiger partial charge in [0, 0.05) is 0 Å². The van der Waals surface area contributed by atoms with E-state index in [2.05, 4.69) is 13.2 Å². The Hall–Kier alpha value is -0.720. The Kier molecular flexibility index (Phi) is 4.70.